The Kier molecular flexibility index (Phi) is 7.60. The maximum Gasteiger partial charge on any atom is 0.250 e. The van der Waals surface area contributed by atoms with Crippen molar-refractivity contribution in [1.82, 2.24) is 5.43 Å². The summed E-state index contributed by atoms with van der Waals surface area (Å²) in [7, 11) is 2.49. The molecular formula is C19H23BN2O2S. The Bertz CT molecular complexity index is 750. The standard InChI is InChI=1S/C19H23BN2O2S/c1-14-7-4-5-8-16(14)12-25-13-18(23)22-21-11-15-9-6-10-17(24-3)19(15)20-2/h4-11,20H,12-13H2,1-3H3,(H,22,23)/b21-11+. The van der Waals surface area contributed by atoms with Gasteiger partial charge < -0.3 is 4.74 Å². The topological polar surface area (TPSA) is 50.7 Å². The number of aryl methyl sites for hydroxylation is 1. The Labute approximate surface area is 154 Å². The lowest BCUT2D eigenvalue weighted by Crippen LogP contribution is -2.22. The van der Waals surface area contributed by atoms with Crippen LogP contribution < -0.4 is 15.6 Å². The summed E-state index contributed by atoms with van der Waals surface area (Å²) in [5.41, 5.74) is 7.13. The van der Waals surface area contributed by atoms with Crippen LogP contribution in [0.1, 0.15) is 16.7 Å². The zero-order chi connectivity index (χ0) is 18.1. The van der Waals surface area contributed by atoms with Crippen LogP contribution in [0.5, 0.6) is 5.75 Å². The molecule has 0 aromatic heterocycles. The second-order valence-electron chi connectivity index (χ2n) is 5.59. The highest BCUT2D eigenvalue weighted by atomic mass is 32.2. The minimum absolute atomic E-state index is 0.101. The highest BCUT2D eigenvalue weighted by molar-refractivity contribution is 7.99. The molecule has 0 unspecified atom stereocenters. The summed E-state index contributed by atoms with van der Waals surface area (Å²) < 4.78 is 5.36. The number of carbonyl (C=O) groups is 1. The van der Waals surface area contributed by atoms with Crippen LogP contribution in [0.2, 0.25) is 6.82 Å². The van der Waals surface area contributed by atoms with Crippen molar-refractivity contribution >= 4 is 36.6 Å². The van der Waals surface area contributed by atoms with E-state index in [1.165, 1.54) is 11.1 Å². The van der Waals surface area contributed by atoms with Crippen LogP contribution >= 0.6 is 11.8 Å². The van der Waals surface area contributed by atoms with Crippen LogP contribution in [0.15, 0.2) is 47.6 Å². The molecule has 1 amide bonds. The van der Waals surface area contributed by atoms with E-state index in [0.717, 1.165) is 29.8 Å². The molecule has 0 fully saturated rings. The molecule has 0 aliphatic rings. The van der Waals surface area contributed by atoms with E-state index in [9.17, 15) is 4.79 Å². The van der Waals surface area contributed by atoms with Crippen LogP contribution in [0.3, 0.4) is 0 Å². The van der Waals surface area contributed by atoms with Crippen molar-refractivity contribution in [3.8, 4) is 5.75 Å². The van der Waals surface area contributed by atoms with Crippen LogP contribution in [0.25, 0.3) is 0 Å². The van der Waals surface area contributed by atoms with E-state index in [1.54, 1.807) is 25.1 Å². The summed E-state index contributed by atoms with van der Waals surface area (Å²) in [5.74, 6) is 1.94. The molecule has 1 N–H and O–H groups in total. The van der Waals surface area contributed by atoms with Crippen LogP contribution in [-0.2, 0) is 10.5 Å². The number of carbonyl (C=O) groups excluding carboxylic acids is 1. The fraction of sp³-hybridized carbons (Fsp3) is 0.263. The highest BCUT2D eigenvalue weighted by Gasteiger charge is 2.06. The number of hydrogen-bond acceptors (Lipinski definition) is 4. The molecule has 0 aliphatic carbocycles. The summed E-state index contributed by atoms with van der Waals surface area (Å²) in [5, 5.41) is 4.08. The number of nitrogens with zero attached hydrogens (tertiary/aromatic N) is 1. The molecule has 130 valence electrons. The summed E-state index contributed by atoms with van der Waals surface area (Å²) in [6.45, 7) is 4.15. The molecular weight excluding hydrogens is 331 g/mol. The van der Waals surface area contributed by atoms with E-state index in [-0.39, 0.29) is 5.91 Å². The van der Waals surface area contributed by atoms with Gasteiger partial charge in [0.15, 0.2) is 7.28 Å². The van der Waals surface area contributed by atoms with Gasteiger partial charge in [0, 0.05) is 5.75 Å². The Balaban J connectivity index is 1.84. The van der Waals surface area contributed by atoms with Crippen molar-refractivity contribution < 1.29 is 9.53 Å². The zero-order valence-corrected chi connectivity index (χ0v) is 15.7. The van der Waals surface area contributed by atoms with Crippen molar-refractivity contribution in [2.45, 2.75) is 19.5 Å². The van der Waals surface area contributed by atoms with Gasteiger partial charge in [-0.05, 0) is 35.1 Å². The summed E-state index contributed by atoms with van der Waals surface area (Å²) in [4.78, 5) is 11.9. The number of ether oxygens (including phenoxy) is 1. The SMILES string of the molecule is CBc1c(/C=N/NC(=O)CSCc2ccccc2C)cccc1OC. The van der Waals surface area contributed by atoms with E-state index in [4.69, 9.17) is 4.74 Å². The number of hydrogen-bond donors (Lipinski definition) is 1. The molecule has 0 saturated carbocycles. The maximum absolute atomic E-state index is 11.9. The lowest BCUT2D eigenvalue weighted by molar-refractivity contribution is -0.118. The average molecular weight is 354 g/mol. The van der Waals surface area contributed by atoms with Crippen molar-refractivity contribution in [1.29, 1.82) is 0 Å². The molecule has 2 rings (SSSR count). The van der Waals surface area contributed by atoms with E-state index < -0.39 is 0 Å². The third-order valence-electron chi connectivity index (χ3n) is 3.89. The first-order chi connectivity index (χ1) is 12.2. The number of rotatable bonds is 8. The molecule has 0 aliphatic heterocycles. The summed E-state index contributed by atoms with van der Waals surface area (Å²) >= 11 is 1.58. The number of nitrogens with one attached hydrogen (secondary N) is 1. The smallest absolute Gasteiger partial charge is 0.250 e. The predicted molar refractivity (Wildman–Crippen MR) is 109 cm³/mol. The van der Waals surface area contributed by atoms with Gasteiger partial charge in [-0.3, -0.25) is 4.79 Å². The molecule has 25 heavy (non-hydrogen) atoms. The Morgan fingerprint density at radius 3 is 2.80 bits per heavy atom. The average Bonchev–Trinajstić information content (AvgIpc) is 2.63. The minimum atomic E-state index is -0.101. The summed E-state index contributed by atoms with van der Waals surface area (Å²) in [6, 6.07) is 14.0. The zero-order valence-electron chi connectivity index (χ0n) is 14.9. The quantitative estimate of drug-likeness (QED) is 0.450. The lowest BCUT2D eigenvalue weighted by Gasteiger charge is -2.09. The van der Waals surface area contributed by atoms with E-state index in [0.29, 0.717) is 5.75 Å². The molecule has 0 heterocycles. The first kappa shape index (κ1) is 19.1. The molecule has 0 radical (unpaired) electrons. The number of amides is 1. The third-order valence-corrected chi connectivity index (χ3v) is 4.87. The fourth-order valence-corrected chi connectivity index (χ4v) is 3.40. The number of benzene rings is 2. The minimum Gasteiger partial charge on any atom is -0.497 e. The number of hydrazone groups is 1. The Morgan fingerprint density at radius 1 is 1.28 bits per heavy atom. The molecule has 0 atom stereocenters. The van der Waals surface area contributed by atoms with Crippen LogP contribution in [0, 0.1) is 6.92 Å². The van der Waals surface area contributed by atoms with Crippen LogP contribution in [0.4, 0.5) is 0 Å². The van der Waals surface area contributed by atoms with Crippen molar-refractivity contribution in [3.63, 3.8) is 0 Å². The molecule has 0 saturated heterocycles. The maximum atomic E-state index is 11.9. The normalized spacial score (nSPS) is 10.7. The molecule has 2 aromatic rings. The van der Waals surface area contributed by atoms with Gasteiger partial charge >= 0.3 is 0 Å². The lowest BCUT2D eigenvalue weighted by atomic mass is 9.70. The third kappa shape index (κ3) is 5.67. The molecule has 0 bridgehead atoms. The molecule has 6 heteroatoms. The Morgan fingerprint density at radius 2 is 2.08 bits per heavy atom. The van der Waals surface area contributed by atoms with Crippen molar-refractivity contribution in [2.24, 2.45) is 5.10 Å². The molecule has 0 spiro atoms. The van der Waals surface area contributed by atoms with Gasteiger partial charge in [0.25, 0.3) is 0 Å². The van der Waals surface area contributed by atoms with Crippen LogP contribution in [-0.4, -0.2) is 32.3 Å². The van der Waals surface area contributed by atoms with Gasteiger partial charge in [0.2, 0.25) is 5.91 Å². The van der Waals surface area contributed by atoms with Gasteiger partial charge in [-0.15, -0.1) is 11.8 Å². The van der Waals surface area contributed by atoms with Gasteiger partial charge in [0.1, 0.15) is 5.75 Å². The largest absolute Gasteiger partial charge is 0.497 e. The second-order valence-corrected chi connectivity index (χ2v) is 6.58. The van der Waals surface area contributed by atoms with E-state index in [2.05, 4.69) is 36.4 Å². The predicted octanol–water partition coefficient (Wildman–Crippen LogP) is 2.50. The monoisotopic (exact) mass is 354 g/mol. The second kappa shape index (κ2) is 9.94. The first-order valence-electron chi connectivity index (χ1n) is 8.25. The van der Waals surface area contributed by atoms with E-state index >= 15 is 0 Å². The molecule has 4 nitrogen and oxygen atoms in total. The Hall–Kier alpha value is -2.21. The summed E-state index contributed by atoms with van der Waals surface area (Å²) in [6.07, 6.45) is 1.67. The number of methoxy groups -OCH3 is 1. The van der Waals surface area contributed by atoms with Gasteiger partial charge in [-0.2, -0.15) is 5.10 Å². The van der Waals surface area contributed by atoms with E-state index in [1.807, 2.05) is 30.3 Å². The molecule has 2 aromatic carbocycles. The fourth-order valence-electron chi connectivity index (χ4n) is 2.50. The van der Waals surface area contributed by atoms with Crippen molar-refractivity contribution in [2.75, 3.05) is 12.9 Å². The highest BCUT2D eigenvalue weighted by Crippen LogP contribution is 2.15. The van der Waals surface area contributed by atoms with Gasteiger partial charge in [-0.25, -0.2) is 5.43 Å². The first-order valence-corrected chi connectivity index (χ1v) is 9.41. The van der Waals surface area contributed by atoms with Crippen molar-refractivity contribution in [3.05, 3.63) is 59.2 Å². The van der Waals surface area contributed by atoms with Gasteiger partial charge in [-0.1, -0.05) is 43.2 Å². The number of thioether (sulfide) groups is 1. The van der Waals surface area contributed by atoms with Gasteiger partial charge in [0.05, 0.1) is 19.1 Å².